The zero-order chi connectivity index (χ0) is 13.6. The first-order chi connectivity index (χ1) is 8.27. The summed E-state index contributed by atoms with van der Waals surface area (Å²) >= 11 is 0. The Hall–Kier alpha value is -0.835. The second-order valence-corrected chi connectivity index (χ2v) is 5.93. The lowest BCUT2D eigenvalue weighted by atomic mass is 9.78. The fraction of sp³-hybridized carbons (Fsp3) is 0.571. The minimum atomic E-state index is -0.360. The van der Waals surface area contributed by atoms with Gasteiger partial charge < -0.3 is 14.4 Å². The Bertz CT molecular complexity index is 438. The van der Waals surface area contributed by atoms with Crippen LogP contribution in [0.1, 0.15) is 38.8 Å². The van der Waals surface area contributed by atoms with E-state index in [4.69, 9.17) is 9.31 Å². The average molecular weight is 248 g/mol. The molecule has 0 bridgehead atoms. The molecule has 1 aromatic rings. The molecule has 4 heteroatoms. The van der Waals surface area contributed by atoms with Crippen LogP contribution in [0, 0.1) is 6.92 Å². The van der Waals surface area contributed by atoms with Crippen LogP contribution in [0.2, 0.25) is 0 Å². The van der Waals surface area contributed by atoms with Gasteiger partial charge in [-0.1, -0.05) is 18.2 Å². The van der Waals surface area contributed by atoms with Gasteiger partial charge in [-0.25, -0.2) is 0 Å². The molecule has 1 aliphatic rings. The third kappa shape index (κ3) is 2.20. The fourth-order valence-corrected chi connectivity index (χ4v) is 1.99. The molecular formula is C14H21BO3. The average Bonchev–Trinajstić information content (AvgIpc) is 2.49. The fourth-order valence-electron chi connectivity index (χ4n) is 1.99. The highest BCUT2D eigenvalue weighted by atomic mass is 16.7. The maximum atomic E-state index is 9.31. The van der Waals surface area contributed by atoms with Crippen LogP contribution in [0.4, 0.5) is 0 Å². The molecule has 0 radical (unpaired) electrons. The van der Waals surface area contributed by atoms with Gasteiger partial charge in [-0.05, 0) is 51.2 Å². The molecular weight excluding hydrogens is 227 g/mol. The van der Waals surface area contributed by atoms with Crippen molar-refractivity contribution in [3.63, 3.8) is 0 Å². The Kier molecular flexibility index (Phi) is 3.30. The van der Waals surface area contributed by atoms with E-state index >= 15 is 0 Å². The highest BCUT2D eigenvalue weighted by Gasteiger charge is 2.51. The van der Waals surface area contributed by atoms with E-state index in [1.165, 1.54) is 0 Å². The maximum absolute atomic E-state index is 9.31. The number of aliphatic hydroxyl groups excluding tert-OH is 1. The summed E-state index contributed by atoms with van der Waals surface area (Å²) in [6.07, 6.45) is 0. The number of aliphatic hydroxyl groups is 1. The van der Waals surface area contributed by atoms with Gasteiger partial charge in [0.1, 0.15) is 0 Å². The number of hydrogen-bond donors (Lipinski definition) is 1. The highest BCUT2D eigenvalue weighted by Crippen LogP contribution is 2.36. The Morgan fingerprint density at radius 3 is 2.17 bits per heavy atom. The van der Waals surface area contributed by atoms with E-state index in [0.29, 0.717) is 0 Å². The normalized spacial score (nSPS) is 21.3. The second kappa shape index (κ2) is 4.37. The van der Waals surface area contributed by atoms with Crippen molar-refractivity contribution in [1.82, 2.24) is 0 Å². The SMILES string of the molecule is Cc1ccc(B2OC(C)(C)C(C)(C)O2)cc1CO. The first-order valence-electron chi connectivity index (χ1n) is 6.33. The topological polar surface area (TPSA) is 38.7 Å². The van der Waals surface area contributed by atoms with Crippen molar-refractivity contribution in [2.45, 2.75) is 52.4 Å². The summed E-state index contributed by atoms with van der Waals surface area (Å²) in [5, 5.41) is 9.31. The van der Waals surface area contributed by atoms with Gasteiger partial charge in [0, 0.05) is 0 Å². The lowest BCUT2D eigenvalue weighted by molar-refractivity contribution is 0.00578. The van der Waals surface area contributed by atoms with Gasteiger partial charge in [0.2, 0.25) is 0 Å². The Balaban J connectivity index is 2.30. The van der Waals surface area contributed by atoms with E-state index in [-0.39, 0.29) is 24.9 Å². The molecule has 1 aliphatic heterocycles. The lowest BCUT2D eigenvalue weighted by Crippen LogP contribution is -2.41. The molecule has 18 heavy (non-hydrogen) atoms. The van der Waals surface area contributed by atoms with Gasteiger partial charge >= 0.3 is 7.12 Å². The summed E-state index contributed by atoms with van der Waals surface area (Å²) in [5.41, 5.74) is 2.30. The van der Waals surface area contributed by atoms with Gasteiger partial charge in [-0.15, -0.1) is 0 Å². The van der Waals surface area contributed by atoms with Gasteiger partial charge in [0.25, 0.3) is 0 Å². The van der Waals surface area contributed by atoms with E-state index in [0.717, 1.165) is 16.6 Å². The second-order valence-electron chi connectivity index (χ2n) is 5.93. The zero-order valence-electron chi connectivity index (χ0n) is 11.8. The predicted molar refractivity (Wildman–Crippen MR) is 72.8 cm³/mol. The van der Waals surface area contributed by atoms with Crippen LogP contribution >= 0.6 is 0 Å². The van der Waals surface area contributed by atoms with Crippen LogP contribution in [0.3, 0.4) is 0 Å². The summed E-state index contributed by atoms with van der Waals surface area (Å²) in [6, 6.07) is 5.94. The maximum Gasteiger partial charge on any atom is 0.494 e. The smallest absolute Gasteiger partial charge is 0.399 e. The molecule has 0 saturated carbocycles. The number of hydrogen-bond acceptors (Lipinski definition) is 3. The molecule has 1 aromatic carbocycles. The highest BCUT2D eigenvalue weighted by molar-refractivity contribution is 6.62. The summed E-state index contributed by atoms with van der Waals surface area (Å²) < 4.78 is 12.0. The molecule has 0 spiro atoms. The third-order valence-electron chi connectivity index (χ3n) is 4.07. The van der Waals surface area contributed by atoms with Crippen molar-refractivity contribution in [2.75, 3.05) is 0 Å². The van der Waals surface area contributed by atoms with E-state index in [2.05, 4.69) is 0 Å². The van der Waals surface area contributed by atoms with E-state index in [1.54, 1.807) is 0 Å². The van der Waals surface area contributed by atoms with Crippen LogP contribution in [-0.4, -0.2) is 23.4 Å². The number of aryl methyl sites for hydroxylation is 1. The summed E-state index contributed by atoms with van der Waals surface area (Å²) in [6.45, 7) is 10.2. The summed E-state index contributed by atoms with van der Waals surface area (Å²) in [7, 11) is -0.360. The van der Waals surface area contributed by atoms with E-state index < -0.39 is 0 Å². The molecule has 98 valence electrons. The molecule has 0 aliphatic carbocycles. The molecule has 1 N–H and O–H groups in total. The van der Waals surface area contributed by atoms with Crippen molar-refractivity contribution in [1.29, 1.82) is 0 Å². The van der Waals surface area contributed by atoms with Gasteiger partial charge in [-0.3, -0.25) is 0 Å². The van der Waals surface area contributed by atoms with E-state index in [9.17, 15) is 5.11 Å². The van der Waals surface area contributed by atoms with E-state index in [1.807, 2.05) is 52.8 Å². The zero-order valence-corrected chi connectivity index (χ0v) is 11.8. The van der Waals surface area contributed by atoms with Crippen molar-refractivity contribution in [2.24, 2.45) is 0 Å². The molecule has 0 unspecified atom stereocenters. The molecule has 3 nitrogen and oxygen atoms in total. The number of rotatable bonds is 2. The third-order valence-corrected chi connectivity index (χ3v) is 4.07. The van der Waals surface area contributed by atoms with Crippen molar-refractivity contribution in [3.05, 3.63) is 29.3 Å². The largest absolute Gasteiger partial charge is 0.494 e. The number of benzene rings is 1. The van der Waals surface area contributed by atoms with Crippen molar-refractivity contribution >= 4 is 12.6 Å². The molecule has 1 saturated heterocycles. The first kappa shape index (κ1) is 13.6. The summed E-state index contributed by atoms with van der Waals surface area (Å²) in [4.78, 5) is 0. The molecule has 1 heterocycles. The molecule has 0 aromatic heterocycles. The van der Waals surface area contributed by atoms with Crippen LogP contribution in [0.5, 0.6) is 0 Å². The molecule has 2 rings (SSSR count). The quantitative estimate of drug-likeness (QED) is 0.811. The monoisotopic (exact) mass is 248 g/mol. The lowest BCUT2D eigenvalue weighted by Gasteiger charge is -2.32. The first-order valence-corrected chi connectivity index (χ1v) is 6.33. The molecule has 1 fully saturated rings. The molecule has 0 atom stereocenters. The van der Waals surface area contributed by atoms with Crippen LogP contribution in [0.15, 0.2) is 18.2 Å². The van der Waals surface area contributed by atoms with Crippen molar-refractivity contribution < 1.29 is 14.4 Å². The van der Waals surface area contributed by atoms with Crippen LogP contribution in [0.25, 0.3) is 0 Å². The van der Waals surface area contributed by atoms with Crippen LogP contribution < -0.4 is 5.46 Å². The van der Waals surface area contributed by atoms with Gasteiger partial charge in [0.15, 0.2) is 0 Å². The Morgan fingerprint density at radius 2 is 1.67 bits per heavy atom. The Labute approximate surface area is 109 Å². The standard InChI is InChI=1S/C14H21BO3/c1-10-6-7-12(8-11(10)9-16)15-17-13(2,3)14(4,5)18-15/h6-8,16H,9H2,1-5H3. The van der Waals surface area contributed by atoms with Crippen LogP contribution in [-0.2, 0) is 15.9 Å². The van der Waals surface area contributed by atoms with Gasteiger partial charge in [-0.2, -0.15) is 0 Å². The van der Waals surface area contributed by atoms with Gasteiger partial charge in [0.05, 0.1) is 17.8 Å². The van der Waals surface area contributed by atoms with Crippen molar-refractivity contribution in [3.8, 4) is 0 Å². The minimum absolute atomic E-state index is 0.0409. The minimum Gasteiger partial charge on any atom is -0.399 e. The molecule has 0 amide bonds. The Morgan fingerprint density at radius 1 is 1.11 bits per heavy atom. The summed E-state index contributed by atoms with van der Waals surface area (Å²) in [5.74, 6) is 0. The predicted octanol–water partition coefficient (Wildman–Crippen LogP) is 1.79.